The minimum Gasteiger partial charge on any atom is -0.391 e. The summed E-state index contributed by atoms with van der Waals surface area (Å²) in [4.78, 5) is 14.9. The van der Waals surface area contributed by atoms with Crippen molar-refractivity contribution in [3.63, 3.8) is 0 Å². The summed E-state index contributed by atoms with van der Waals surface area (Å²) >= 11 is 0. The monoisotopic (exact) mass is 238 g/mol. The lowest BCUT2D eigenvalue weighted by molar-refractivity contribution is 0.0846. The summed E-state index contributed by atoms with van der Waals surface area (Å²) in [6.07, 6.45) is 0.415. The molecule has 0 saturated carbocycles. The second kappa shape index (κ2) is 5.87. The molecule has 0 aliphatic rings. The molecule has 4 heteroatoms. The van der Waals surface area contributed by atoms with E-state index < -0.39 is 6.10 Å². The number of aromatic amines is 1. The molecule has 0 bridgehead atoms. The van der Waals surface area contributed by atoms with E-state index in [4.69, 9.17) is 0 Å². The fourth-order valence-corrected chi connectivity index (χ4v) is 1.72. The Bertz CT molecular complexity index is 385. The molecule has 1 amide bonds. The molecule has 1 aromatic heterocycles. The van der Waals surface area contributed by atoms with Crippen molar-refractivity contribution in [2.75, 3.05) is 6.54 Å². The van der Waals surface area contributed by atoms with Crippen molar-refractivity contribution in [1.82, 2.24) is 10.3 Å². The highest BCUT2D eigenvalue weighted by molar-refractivity contribution is 5.93. The predicted octanol–water partition coefficient (Wildman–Crippen LogP) is 1.77. The third kappa shape index (κ3) is 3.60. The Morgan fingerprint density at radius 3 is 2.65 bits per heavy atom. The zero-order chi connectivity index (χ0) is 13.0. The maximum absolute atomic E-state index is 11.8. The molecule has 0 aliphatic heterocycles. The van der Waals surface area contributed by atoms with Gasteiger partial charge in [-0.1, -0.05) is 20.3 Å². The van der Waals surface area contributed by atoms with Crippen LogP contribution in [0.1, 0.15) is 42.0 Å². The standard InChI is InChI=1S/C13H22N2O2/c1-5-8(2)11(16)7-14-13(17)12-9(3)6-10(4)15-12/h6,8,11,15-16H,5,7H2,1-4H3,(H,14,17). The quantitative estimate of drug-likeness (QED) is 0.732. The minimum atomic E-state index is -0.486. The zero-order valence-corrected chi connectivity index (χ0v) is 11.0. The molecule has 1 heterocycles. The van der Waals surface area contributed by atoms with Gasteiger partial charge in [0, 0.05) is 12.2 Å². The van der Waals surface area contributed by atoms with Crippen molar-refractivity contribution in [2.45, 2.75) is 40.2 Å². The van der Waals surface area contributed by atoms with E-state index in [1.54, 1.807) is 0 Å². The molecule has 0 aliphatic carbocycles. The Labute approximate surface area is 102 Å². The van der Waals surface area contributed by atoms with Crippen molar-refractivity contribution in [3.05, 3.63) is 23.0 Å². The van der Waals surface area contributed by atoms with Gasteiger partial charge in [0.05, 0.1) is 6.10 Å². The van der Waals surface area contributed by atoms with Crippen LogP contribution in [0.15, 0.2) is 6.07 Å². The Morgan fingerprint density at radius 2 is 2.18 bits per heavy atom. The van der Waals surface area contributed by atoms with Crippen LogP contribution in [0.4, 0.5) is 0 Å². The van der Waals surface area contributed by atoms with Gasteiger partial charge in [-0.15, -0.1) is 0 Å². The highest BCUT2D eigenvalue weighted by Gasteiger charge is 2.16. The minimum absolute atomic E-state index is 0.155. The van der Waals surface area contributed by atoms with Gasteiger partial charge < -0.3 is 15.4 Å². The lowest BCUT2D eigenvalue weighted by Gasteiger charge is -2.17. The molecule has 96 valence electrons. The van der Waals surface area contributed by atoms with Crippen LogP contribution < -0.4 is 5.32 Å². The van der Waals surface area contributed by atoms with Crippen LogP contribution >= 0.6 is 0 Å². The number of H-pyrrole nitrogens is 1. The van der Waals surface area contributed by atoms with Crippen LogP contribution in [0.25, 0.3) is 0 Å². The maximum atomic E-state index is 11.8. The zero-order valence-electron chi connectivity index (χ0n) is 11.0. The van der Waals surface area contributed by atoms with Gasteiger partial charge in [-0.3, -0.25) is 4.79 Å². The number of hydrogen-bond donors (Lipinski definition) is 3. The van der Waals surface area contributed by atoms with E-state index >= 15 is 0 Å². The van der Waals surface area contributed by atoms with Crippen molar-refractivity contribution in [1.29, 1.82) is 0 Å². The largest absolute Gasteiger partial charge is 0.391 e. The molecule has 0 aromatic carbocycles. The average Bonchev–Trinajstić information content (AvgIpc) is 2.63. The van der Waals surface area contributed by atoms with Gasteiger partial charge in [0.1, 0.15) is 5.69 Å². The van der Waals surface area contributed by atoms with Gasteiger partial charge in [0.25, 0.3) is 5.91 Å². The summed E-state index contributed by atoms with van der Waals surface area (Å²) in [5.74, 6) is 0.0414. The lowest BCUT2D eigenvalue weighted by Crippen LogP contribution is -2.35. The van der Waals surface area contributed by atoms with Gasteiger partial charge in [0.15, 0.2) is 0 Å². The third-order valence-corrected chi connectivity index (χ3v) is 3.15. The Morgan fingerprint density at radius 1 is 1.53 bits per heavy atom. The average molecular weight is 238 g/mol. The molecule has 2 unspecified atom stereocenters. The summed E-state index contributed by atoms with van der Waals surface area (Å²) in [5, 5.41) is 12.5. The van der Waals surface area contributed by atoms with Gasteiger partial charge >= 0.3 is 0 Å². The predicted molar refractivity (Wildman–Crippen MR) is 68.1 cm³/mol. The van der Waals surface area contributed by atoms with Crippen molar-refractivity contribution < 1.29 is 9.90 Å². The third-order valence-electron chi connectivity index (χ3n) is 3.15. The fraction of sp³-hybridized carbons (Fsp3) is 0.615. The summed E-state index contributed by atoms with van der Waals surface area (Å²) in [7, 11) is 0. The SMILES string of the molecule is CCC(C)C(O)CNC(=O)c1[nH]c(C)cc1C. The highest BCUT2D eigenvalue weighted by atomic mass is 16.3. The second-order valence-electron chi connectivity index (χ2n) is 4.67. The van der Waals surface area contributed by atoms with E-state index in [9.17, 15) is 9.90 Å². The van der Waals surface area contributed by atoms with Gasteiger partial charge in [-0.2, -0.15) is 0 Å². The molecule has 0 saturated heterocycles. The number of rotatable bonds is 5. The molecule has 3 N–H and O–H groups in total. The first-order valence-electron chi connectivity index (χ1n) is 6.08. The Kier molecular flexibility index (Phi) is 4.75. The maximum Gasteiger partial charge on any atom is 0.268 e. The van der Waals surface area contributed by atoms with Crippen LogP contribution in [0.2, 0.25) is 0 Å². The van der Waals surface area contributed by atoms with E-state index in [1.165, 1.54) is 0 Å². The lowest BCUT2D eigenvalue weighted by atomic mass is 10.0. The summed E-state index contributed by atoms with van der Waals surface area (Å²) < 4.78 is 0. The molecule has 0 radical (unpaired) electrons. The van der Waals surface area contributed by atoms with E-state index in [1.807, 2.05) is 33.8 Å². The summed E-state index contributed by atoms with van der Waals surface area (Å²) in [6, 6.07) is 1.93. The van der Waals surface area contributed by atoms with Crippen LogP contribution in [-0.4, -0.2) is 28.6 Å². The second-order valence-corrected chi connectivity index (χ2v) is 4.67. The highest BCUT2D eigenvalue weighted by Crippen LogP contribution is 2.09. The number of carbonyl (C=O) groups excluding carboxylic acids is 1. The fourth-order valence-electron chi connectivity index (χ4n) is 1.72. The van der Waals surface area contributed by atoms with E-state index in [0.717, 1.165) is 17.7 Å². The van der Waals surface area contributed by atoms with Gasteiger partial charge in [-0.05, 0) is 31.4 Å². The molecule has 2 atom stereocenters. The van der Waals surface area contributed by atoms with Crippen molar-refractivity contribution in [3.8, 4) is 0 Å². The van der Waals surface area contributed by atoms with Crippen molar-refractivity contribution >= 4 is 5.91 Å². The number of aryl methyl sites for hydroxylation is 2. The number of aromatic nitrogens is 1. The first kappa shape index (κ1) is 13.8. The van der Waals surface area contributed by atoms with Crippen LogP contribution in [0.3, 0.4) is 0 Å². The Hall–Kier alpha value is -1.29. The smallest absolute Gasteiger partial charge is 0.268 e. The number of aliphatic hydroxyl groups is 1. The number of amides is 1. The van der Waals surface area contributed by atoms with Crippen LogP contribution in [0, 0.1) is 19.8 Å². The van der Waals surface area contributed by atoms with Crippen LogP contribution in [-0.2, 0) is 0 Å². The molecule has 1 rings (SSSR count). The number of nitrogens with one attached hydrogen (secondary N) is 2. The first-order chi connectivity index (χ1) is 7.95. The molecule has 1 aromatic rings. The van der Waals surface area contributed by atoms with Crippen molar-refractivity contribution in [2.24, 2.45) is 5.92 Å². The van der Waals surface area contributed by atoms with E-state index in [2.05, 4.69) is 10.3 Å². The normalized spacial score (nSPS) is 14.4. The molecule has 4 nitrogen and oxygen atoms in total. The summed E-state index contributed by atoms with van der Waals surface area (Å²) in [5.41, 5.74) is 2.48. The molecular weight excluding hydrogens is 216 g/mol. The Balaban J connectivity index is 2.53. The van der Waals surface area contributed by atoms with Gasteiger partial charge in [-0.25, -0.2) is 0 Å². The summed E-state index contributed by atoms with van der Waals surface area (Å²) in [6.45, 7) is 8.10. The number of carbonyl (C=O) groups is 1. The van der Waals surface area contributed by atoms with E-state index in [0.29, 0.717) is 12.2 Å². The number of aliphatic hydroxyl groups excluding tert-OH is 1. The van der Waals surface area contributed by atoms with Crippen LogP contribution in [0.5, 0.6) is 0 Å². The number of hydrogen-bond acceptors (Lipinski definition) is 2. The topological polar surface area (TPSA) is 65.1 Å². The molecular formula is C13H22N2O2. The van der Waals surface area contributed by atoms with Gasteiger partial charge in [0.2, 0.25) is 0 Å². The molecule has 0 spiro atoms. The van der Waals surface area contributed by atoms with E-state index in [-0.39, 0.29) is 11.8 Å². The molecule has 0 fully saturated rings. The molecule has 17 heavy (non-hydrogen) atoms. The first-order valence-corrected chi connectivity index (χ1v) is 6.08.